The molecule has 1 unspecified atom stereocenters. The zero-order chi connectivity index (χ0) is 23.1. The molecule has 5 rings (SSSR count). The molecule has 1 atom stereocenters. The number of Topliss-reactive ketones (excluding diaryl/α,β-unsaturated/α-hetero) is 1. The first-order valence-electron chi connectivity index (χ1n) is 10.7. The fourth-order valence-electron chi connectivity index (χ4n) is 4.19. The zero-order valence-corrected chi connectivity index (χ0v) is 19.1. The molecule has 3 heterocycles. The summed E-state index contributed by atoms with van der Waals surface area (Å²) in [5.74, 6) is -0.243. The normalized spacial score (nSPS) is 15.6. The van der Waals surface area contributed by atoms with Crippen LogP contribution < -0.4 is 4.74 Å². The van der Waals surface area contributed by atoms with Gasteiger partial charge in [0.05, 0.1) is 24.6 Å². The van der Waals surface area contributed by atoms with E-state index in [4.69, 9.17) is 21.4 Å². The van der Waals surface area contributed by atoms with E-state index in [-0.39, 0.29) is 18.2 Å². The van der Waals surface area contributed by atoms with Crippen molar-refractivity contribution in [2.24, 2.45) is 5.92 Å². The third-order valence-electron chi connectivity index (χ3n) is 5.95. The second-order valence-electron chi connectivity index (χ2n) is 8.53. The maximum atomic E-state index is 13.7. The van der Waals surface area contributed by atoms with E-state index in [2.05, 4.69) is 15.1 Å². The highest BCUT2D eigenvalue weighted by molar-refractivity contribution is 6.32. The molecule has 33 heavy (non-hydrogen) atoms. The molecule has 2 aromatic carbocycles. The standard InChI is InChI=1S/C24H23ClFN5O2/c1-30(2)7-8-31-20-11-14(19-12-27-28-24(19)25)3-5-18(20)22(29-31)23(32)16-9-15-10-17(26)4-6-21(15)33-13-16/h3-6,10-12,16H,7-9,13H2,1-2H3,(H,27,28). The van der Waals surface area contributed by atoms with Gasteiger partial charge in [0.1, 0.15) is 17.3 Å². The summed E-state index contributed by atoms with van der Waals surface area (Å²) < 4.78 is 21.3. The number of benzene rings is 2. The molecular formula is C24H23ClFN5O2. The van der Waals surface area contributed by atoms with Gasteiger partial charge in [-0.1, -0.05) is 17.7 Å². The average Bonchev–Trinajstić information content (AvgIpc) is 3.39. The van der Waals surface area contributed by atoms with E-state index in [0.29, 0.717) is 35.1 Å². The molecule has 2 aromatic heterocycles. The lowest BCUT2D eigenvalue weighted by Gasteiger charge is -2.24. The highest BCUT2D eigenvalue weighted by Crippen LogP contribution is 2.33. The molecule has 1 aliphatic rings. The molecule has 0 radical (unpaired) electrons. The first-order chi connectivity index (χ1) is 15.9. The molecule has 0 bridgehead atoms. The lowest BCUT2D eigenvalue weighted by molar-refractivity contribution is 0.0850. The van der Waals surface area contributed by atoms with Crippen LogP contribution >= 0.6 is 11.6 Å². The minimum Gasteiger partial charge on any atom is -0.493 e. The topological polar surface area (TPSA) is 76.0 Å². The number of halogens is 2. The maximum Gasteiger partial charge on any atom is 0.190 e. The Labute approximate surface area is 195 Å². The molecule has 1 aliphatic heterocycles. The van der Waals surface area contributed by atoms with Gasteiger partial charge in [0.2, 0.25) is 0 Å². The lowest BCUT2D eigenvalue weighted by atomic mass is 9.90. The Kier molecular flexibility index (Phi) is 5.64. The van der Waals surface area contributed by atoms with Crippen LogP contribution in [0.1, 0.15) is 16.1 Å². The van der Waals surface area contributed by atoms with Crippen LogP contribution in [-0.4, -0.2) is 57.9 Å². The van der Waals surface area contributed by atoms with Crippen molar-refractivity contribution in [2.75, 3.05) is 27.2 Å². The van der Waals surface area contributed by atoms with Crippen molar-refractivity contribution in [1.82, 2.24) is 24.9 Å². The summed E-state index contributed by atoms with van der Waals surface area (Å²) in [6.45, 7) is 1.63. The molecular weight excluding hydrogens is 445 g/mol. The number of H-pyrrole nitrogens is 1. The number of ether oxygens (including phenoxy) is 1. The van der Waals surface area contributed by atoms with Crippen molar-refractivity contribution in [3.05, 3.63) is 64.8 Å². The molecule has 0 fully saturated rings. The van der Waals surface area contributed by atoms with E-state index in [1.165, 1.54) is 12.1 Å². The van der Waals surface area contributed by atoms with Gasteiger partial charge in [-0.15, -0.1) is 0 Å². The summed E-state index contributed by atoms with van der Waals surface area (Å²) in [5, 5.41) is 12.6. The number of carbonyl (C=O) groups is 1. The maximum absolute atomic E-state index is 13.7. The quantitative estimate of drug-likeness (QED) is 0.430. The Bertz CT molecular complexity index is 1350. The van der Waals surface area contributed by atoms with Crippen molar-refractivity contribution < 1.29 is 13.9 Å². The smallest absolute Gasteiger partial charge is 0.190 e. The number of fused-ring (bicyclic) bond motifs is 2. The predicted molar refractivity (Wildman–Crippen MR) is 124 cm³/mol. The number of hydrogen-bond acceptors (Lipinski definition) is 5. The third-order valence-corrected chi connectivity index (χ3v) is 6.24. The Hall–Kier alpha value is -3.23. The molecule has 1 N–H and O–H groups in total. The van der Waals surface area contributed by atoms with E-state index in [0.717, 1.165) is 28.6 Å². The largest absolute Gasteiger partial charge is 0.493 e. The number of carbonyl (C=O) groups excluding carboxylic acids is 1. The number of aromatic nitrogens is 4. The number of hydrogen-bond donors (Lipinski definition) is 1. The van der Waals surface area contributed by atoms with Gasteiger partial charge in [-0.05, 0) is 62.0 Å². The van der Waals surface area contributed by atoms with Gasteiger partial charge in [0, 0.05) is 23.7 Å². The fourth-order valence-corrected chi connectivity index (χ4v) is 4.40. The van der Waals surface area contributed by atoms with Crippen molar-refractivity contribution in [1.29, 1.82) is 0 Å². The van der Waals surface area contributed by atoms with Crippen molar-refractivity contribution in [3.63, 3.8) is 0 Å². The predicted octanol–water partition coefficient (Wildman–Crippen LogP) is 4.21. The van der Waals surface area contributed by atoms with Gasteiger partial charge < -0.3 is 9.64 Å². The van der Waals surface area contributed by atoms with E-state index in [1.807, 2.05) is 37.0 Å². The molecule has 7 nitrogen and oxygen atoms in total. The summed E-state index contributed by atoms with van der Waals surface area (Å²) in [7, 11) is 3.98. The first kappa shape index (κ1) is 21.6. The van der Waals surface area contributed by atoms with Gasteiger partial charge in [-0.3, -0.25) is 14.6 Å². The second kappa shape index (κ2) is 8.61. The Balaban J connectivity index is 1.53. The third kappa shape index (κ3) is 4.12. The Morgan fingerprint density at radius 1 is 1.30 bits per heavy atom. The van der Waals surface area contributed by atoms with Crippen LogP contribution in [0.4, 0.5) is 4.39 Å². The van der Waals surface area contributed by atoms with Gasteiger partial charge >= 0.3 is 0 Å². The minimum absolute atomic E-state index is 0.104. The zero-order valence-electron chi connectivity index (χ0n) is 18.3. The van der Waals surface area contributed by atoms with Crippen LogP contribution in [-0.2, 0) is 13.0 Å². The van der Waals surface area contributed by atoms with E-state index < -0.39 is 5.92 Å². The molecule has 170 valence electrons. The monoisotopic (exact) mass is 467 g/mol. The number of ketones is 1. The first-order valence-corrected chi connectivity index (χ1v) is 11.1. The molecule has 0 saturated carbocycles. The lowest BCUT2D eigenvalue weighted by Crippen LogP contribution is -2.29. The minimum atomic E-state index is -0.428. The van der Waals surface area contributed by atoms with Crippen LogP contribution in [0.2, 0.25) is 5.15 Å². The van der Waals surface area contributed by atoms with Gasteiger partial charge in [-0.2, -0.15) is 10.2 Å². The Morgan fingerprint density at radius 2 is 2.15 bits per heavy atom. The number of nitrogens with one attached hydrogen (secondary N) is 1. The SMILES string of the molecule is CN(C)CCn1nc(C(=O)C2COc3ccc(F)cc3C2)c2ccc(-c3c[nH]nc3Cl)cc21. The van der Waals surface area contributed by atoms with E-state index >= 15 is 0 Å². The number of rotatable bonds is 6. The van der Waals surface area contributed by atoms with Crippen LogP contribution in [0.25, 0.3) is 22.0 Å². The molecule has 0 amide bonds. The van der Waals surface area contributed by atoms with Crippen molar-refractivity contribution >= 4 is 28.3 Å². The van der Waals surface area contributed by atoms with Crippen molar-refractivity contribution in [2.45, 2.75) is 13.0 Å². The van der Waals surface area contributed by atoms with Crippen LogP contribution in [0.3, 0.4) is 0 Å². The molecule has 0 saturated heterocycles. The average molecular weight is 468 g/mol. The van der Waals surface area contributed by atoms with E-state index in [9.17, 15) is 9.18 Å². The Morgan fingerprint density at radius 3 is 2.91 bits per heavy atom. The number of nitrogens with zero attached hydrogens (tertiary/aromatic N) is 4. The number of aromatic amines is 1. The van der Waals surface area contributed by atoms with Crippen LogP contribution in [0, 0.1) is 11.7 Å². The summed E-state index contributed by atoms with van der Waals surface area (Å²) in [6, 6.07) is 10.2. The molecule has 0 aliphatic carbocycles. The highest BCUT2D eigenvalue weighted by atomic mass is 35.5. The van der Waals surface area contributed by atoms with Gasteiger partial charge in [-0.25, -0.2) is 4.39 Å². The summed E-state index contributed by atoms with van der Waals surface area (Å²) in [6.07, 6.45) is 2.16. The van der Waals surface area contributed by atoms with Crippen molar-refractivity contribution in [3.8, 4) is 16.9 Å². The van der Waals surface area contributed by atoms with Gasteiger partial charge in [0.25, 0.3) is 0 Å². The molecule has 0 spiro atoms. The summed E-state index contributed by atoms with van der Waals surface area (Å²) in [4.78, 5) is 15.6. The molecule has 9 heteroatoms. The highest BCUT2D eigenvalue weighted by Gasteiger charge is 2.30. The van der Waals surface area contributed by atoms with E-state index in [1.54, 1.807) is 12.3 Å². The number of likely N-dealkylation sites (N-methyl/N-ethyl adjacent to an activating group) is 1. The van der Waals surface area contributed by atoms with Crippen LogP contribution in [0.5, 0.6) is 5.75 Å². The second-order valence-corrected chi connectivity index (χ2v) is 8.88. The fraction of sp³-hybridized carbons (Fsp3) is 0.292. The van der Waals surface area contributed by atoms with Crippen LogP contribution in [0.15, 0.2) is 42.6 Å². The summed E-state index contributed by atoms with van der Waals surface area (Å²) in [5.41, 5.74) is 3.62. The summed E-state index contributed by atoms with van der Waals surface area (Å²) >= 11 is 6.21. The van der Waals surface area contributed by atoms with Gasteiger partial charge in [0.15, 0.2) is 10.9 Å². The molecule has 4 aromatic rings.